The van der Waals surface area contributed by atoms with Crippen molar-refractivity contribution in [1.82, 2.24) is 20.5 Å². The second-order valence-corrected chi connectivity index (χ2v) is 6.60. The normalized spacial score (nSPS) is 16.9. The van der Waals surface area contributed by atoms with Crippen LogP contribution in [0.5, 0.6) is 0 Å². The van der Waals surface area contributed by atoms with E-state index in [1.165, 1.54) is 6.20 Å². The topological polar surface area (TPSA) is 74.3 Å². The quantitative estimate of drug-likeness (QED) is 0.770. The van der Waals surface area contributed by atoms with Crippen LogP contribution in [-0.4, -0.2) is 53.4 Å². The van der Waals surface area contributed by atoms with Gasteiger partial charge in [0.2, 0.25) is 5.91 Å². The molecule has 1 aromatic carbocycles. The Morgan fingerprint density at radius 3 is 2.61 bits per heavy atom. The van der Waals surface area contributed by atoms with Gasteiger partial charge in [-0.2, -0.15) is 0 Å². The second-order valence-electron chi connectivity index (χ2n) is 6.60. The maximum absolute atomic E-state index is 13.1. The van der Waals surface area contributed by atoms with Crippen LogP contribution in [0.3, 0.4) is 0 Å². The Kier molecular flexibility index (Phi) is 9.93. The van der Waals surface area contributed by atoms with Gasteiger partial charge in [-0.15, -0.1) is 24.8 Å². The van der Waals surface area contributed by atoms with Gasteiger partial charge in [-0.1, -0.05) is 30.3 Å². The van der Waals surface area contributed by atoms with Gasteiger partial charge in [0.15, 0.2) is 0 Å². The van der Waals surface area contributed by atoms with Gasteiger partial charge in [0, 0.05) is 44.5 Å². The van der Waals surface area contributed by atoms with Crippen molar-refractivity contribution < 1.29 is 9.59 Å². The van der Waals surface area contributed by atoms with E-state index in [-0.39, 0.29) is 42.7 Å². The van der Waals surface area contributed by atoms with Crippen LogP contribution >= 0.6 is 24.8 Å². The molecule has 2 aromatic rings. The Morgan fingerprint density at radius 1 is 1.21 bits per heavy atom. The summed E-state index contributed by atoms with van der Waals surface area (Å²) in [6, 6.07) is 12.8. The summed E-state index contributed by atoms with van der Waals surface area (Å²) in [5, 5.41) is 6.24. The monoisotopic (exact) mass is 424 g/mol. The van der Waals surface area contributed by atoms with Crippen LogP contribution in [0, 0.1) is 0 Å². The minimum atomic E-state index is -0.601. The SMILES string of the molecule is CC1CN(C(=O)C(Cc2ccccc2)NC(=O)c2cccnc2)CCN1.Cl.Cl. The number of nitrogens with zero attached hydrogens (tertiary/aromatic N) is 2. The molecule has 2 amide bonds. The molecule has 3 rings (SSSR count). The summed E-state index contributed by atoms with van der Waals surface area (Å²) >= 11 is 0. The predicted octanol–water partition coefficient (Wildman–Crippen LogP) is 2.09. The van der Waals surface area contributed by atoms with Crippen molar-refractivity contribution in [2.24, 2.45) is 0 Å². The summed E-state index contributed by atoms with van der Waals surface area (Å²) in [6.45, 7) is 4.12. The van der Waals surface area contributed by atoms with E-state index in [1.807, 2.05) is 35.2 Å². The molecule has 28 heavy (non-hydrogen) atoms. The average Bonchev–Trinajstić information content (AvgIpc) is 2.68. The van der Waals surface area contributed by atoms with Crippen molar-refractivity contribution in [2.75, 3.05) is 19.6 Å². The number of aromatic nitrogens is 1. The molecular formula is C20H26Cl2N4O2. The molecule has 1 aliphatic heterocycles. The summed E-state index contributed by atoms with van der Waals surface area (Å²) in [4.78, 5) is 31.5. The molecule has 8 heteroatoms. The zero-order chi connectivity index (χ0) is 18.4. The lowest BCUT2D eigenvalue weighted by atomic mass is 10.0. The number of hydrogen-bond acceptors (Lipinski definition) is 4. The number of halogens is 2. The second kappa shape index (κ2) is 11.6. The maximum Gasteiger partial charge on any atom is 0.253 e. The van der Waals surface area contributed by atoms with Crippen molar-refractivity contribution in [1.29, 1.82) is 0 Å². The zero-order valence-corrected chi connectivity index (χ0v) is 17.3. The number of hydrogen-bond donors (Lipinski definition) is 2. The highest BCUT2D eigenvalue weighted by atomic mass is 35.5. The predicted molar refractivity (Wildman–Crippen MR) is 114 cm³/mol. The van der Waals surface area contributed by atoms with Gasteiger partial charge >= 0.3 is 0 Å². The van der Waals surface area contributed by atoms with Gasteiger partial charge in [0.05, 0.1) is 5.56 Å². The fourth-order valence-electron chi connectivity index (χ4n) is 3.14. The number of piperazine rings is 1. The molecule has 2 N–H and O–H groups in total. The van der Waals surface area contributed by atoms with E-state index in [1.54, 1.807) is 18.3 Å². The van der Waals surface area contributed by atoms with Gasteiger partial charge in [-0.25, -0.2) is 0 Å². The molecule has 6 nitrogen and oxygen atoms in total. The Balaban J connectivity index is 0.00000196. The number of carbonyl (C=O) groups excluding carboxylic acids is 2. The largest absolute Gasteiger partial charge is 0.340 e. The summed E-state index contributed by atoms with van der Waals surface area (Å²) < 4.78 is 0. The summed E-state index contributed by atoms with van der Waals surface area (Å²) in [7, 11) is 0. The van der Waals surface area contributed by atoms with E-state index in [0.29, 0.717) is 25.1 Å². The average molecular weight is 425 g/mol. The number of pyridine rings is 1. The van der Waals surface area contributed by atoms with Crippen molar-refractivity contribution >= 4 is 36.6 Å². The first kappa shape index (κ1) is 23.9. The van der Waals surface area contributed by atoms with Crippen molar-refractivity contribution in [3.63, 3.8) is 0 Å². The van der Waals surface area contributed by atoms with Crippen LogP contribution in [0.4, 0.5) is 0 Å². The van der Waals surface area contributed by atoms with E-state index in [9.17, 15) is 9.59 Å². The molecule has 2 unspecified atom stereocenters. The molecule has 1 saturated heterocycles. The number of rotatable bonds is 5. The number of benzene rings is 1. The lowest BCUT2D eigenvalue weighted by Crippen LogP contribution is -2.57. The van der Waals surface area contributed by atoms with Gasteiger partial charge in [-0.3, -0.25) is 14.6 Å². The fraction of sp³-hybridized carbons (Fsp3) is 0.350. The minimum Gasteiger partial charge on any atom is -0.340 e. The van der Waals surface area contributed by atoms with Gasteiger partial charge < -0.3 is 15.5 Å². The van der Waals surface area contributed by atoms with Crippen LogP contribution in [-0.2, 0) is 11.2 Å². The Labute approximate surface area is 177 Å². The van der Waals surface area contributed by atoms with Crippen LogP contribution in [0.2, 0.25) is 0 Å². The molecule has 0 radical (unpaired) electrons. The van der Waals surface area contributed by atoms with E-state index >= 15 is 0 Å². The number of carbonyl (C=O) groups is 2. The Morgan fingerprint density at radius 2 is 1.96 bits per heavy atom. The summed E-state index contributed by atoms with van der Waals surface area (Å²) in [5.74, 6) is -0.324. The molecule has 0 saturated carbocycles. The van der Waals surface area contributed by atoms with Crippen molar-refractivity contribution in [3.8, 4) is 0 Å². The van der Waals surface area contributed by atoms with Crippen LogP contribution in [0.25, 0.3) is 0 Å². The first-order valence-electron chi connectivity index (χ1n) is 8.90. The highest BCUT2D eigenvalue weighted by Gasteiger charge is 2.29. The smallest absolute Gasteiger partial charge is 0.253 e. The zero-order valence-electron chi connectivity index (χ0n) is 15.7. The lowest BCUT2D eigenvalue weighted by molar-refractivity contribution is -0.134. The third-order valence-corrected chi connectivity index (χ3v) is 4.49. The van der Waals surface area contributed by atoms with Crippen LogP contribution in [0.15, 0.2) is 54.9 Å². The Hall–Kier alpha value is -2.15. The summed E-state index contributed by atoms with van der Waals surface area (Å²) in [6.07, 6.45) is 3.59. The van der Waals surface area contributed by atoms with Gasteiger partial charge in [0.25, 0.3) is 5.91 Å². The lowest BCUT2D eigenvalue weighted by Gasteiger charge is -2.34. The molecule has 2 heterocycles. The molecule has 2 atom stereocenters. The molecular weight excluding hydrogens is 399 g/mol. The number of nitrogens with one attached hydrogen (secondary N) is 2. The Bertz CT molecular complexity index is 746. The minimum absolute atomic E-state index is 0. The first-order chi connectivity index (χ1) is 12.6. The highest BCUT2D eigenvalue weighted by Crippen LogP contribution is 2.09. The molecule has 1 aromatic heterocycles. The van der Waals surface area contributed by atoms with Gasteiger partial charge in [-0.05, 0) is 24.6 Å². The van der Waals surface area contributed by atoms with E-state index in [2.05, 4.69) is 22.5 Å². The van der Waals surface area contributed by atoms with E-state index < -0.39 is 6.04 Å². The van der Waals surface area contributed by atoms with Gasteiger partial charge in [0.1, 0.15) is 6.04 Å². The van der Waals surface area contributed by atoms with Crippen LogP contribution in [0.1, 0.15) is 22.8 Å². The maximum atomic E-state index is 13.1. The third-order valence-electron chi connectivity index (χ3n) is 4.49. The molecule has 1 aliphatic rings. The standard InChI is InChI=1S/C20H24N4O2.2ClH/c1-15-14-24(11-10-22-15)20(26)18(12-16-6-3-2-4-7-16)23-19(25)17-8-5-9-21-13-17;;/h2-9,13,15,18,22H,10-12,14H2,1H3,(H,23,25);2*1H. The third kappa shape index (κ3) is 6.48. The highest BCUT2D eigenvalue weighted by molar-refractivity contribution is 5.97. The van der Waals surface area contributed by atoms with E-state index in [4.69, 9.17) is 0 Å². The van der Waals surface area contributed by atoms with Crippen molar-refractivity contribution in [3.05, 3.63) is 66.0 Å². The number of amides is 2. The molecule has 152 valence electrons. The molecule has 0 spiro atoms. The van der Waals surface area contributed by atoms with Crippen LogP contribution < -0.4 is 10.6 Å². The molecule has 0 bridgehead atoms. The fourth-order valence-corrected chi connectivity index (χ4v) is 3.14. The molecule has 1 fully saturated rings. The first-order valence-corrected chi connectivity index (χ1v) is 8.90. The van der Waals surface area contributed by atoms with E-state index in [0.717, 1.165) is 12.1 Å². The molecule has 0 aliphatic carbocycles. The van der Waals surface area contributed by atoms with Crippen molar-refractivity contribution in [2.45, 2.75) is 25.4 Å². The summed E-state index contributed by atoms with van der Waals surface area (Å²) in [5.41, 5.74) is 1.47.